The fourth-order valence-electron chi connectivity index (χ4n) is 1.77. The molecule has 0 saturated carbocycles. The molecule has 0 spiro atoms. The van der Waals surface area contributed by atoms with Crippen LogP contribution in [0.25, 0.3) is 0 Å². The molecule has 0 heterocycles. The summed E-state index contributed by atoms with van der Waals surface area (Å²) in [4.78, 5) is 0. The quantitative estimate of drug-likeness (QED) is 0.785. The predicted octanol–water partition coefficient (Wildman–Crippen LogP) is 2.81. The van der Waals surface area contributed by atoms with Crippen molar-refractivity contribution in [3.63, 3.8) is 0 Å². The summed E-state index contributed by atoms with van der Waals surface area (Å²) in [5.74, 6) is 0.569. The Balaban J connectivity index is 2.37. The maximum Gasteiger partial charge on any atom is 0.166 e. The van der Waals surface area contributed by atoms with Crippen LogP contribution < -0.4 is 10.6 Å². The zero-order valence-corrected chi connectivity index (χ0v) is 13.0. The lowest BCUT2D eigenvalue weighted by Crippen LogP contribution is -2.42. The average Bonchev–Trinajstić information content (AvgIpc) is 2.37. The molecule has 4 heteroatoms. The van der Waals surface area contributed by atoms with Gasteiger partial charge in [0.2, 0.25) is 0 Å². The van der Waals surface area contributed by atoms with Crippen molar-refractivity contribution in [3.05, 3.63) is 35.4 Å². The third-order valence-electron chi connectivity index (χ3n) is 2.89. The van der Waals surface area contributed by atoms with E-state index in [4.69, 9.17) is 17.0 Å². The molecule has 0 aliphatic heterocycles. The number of rotatable bonds is 6. The summed E-state index contributed by atoms with van der Waals surface area (Å²) in [6, 6.07) is 8.85. The molecule has 0 aliphatic rings. The van der Waals surface area contributed by atoms with E-state index >= 15 is 0 Å². The van der Waals surface area contributed by atoms with Gasteiger partial charge in [0, 0.05) is 19.7 Å². The summed E-state index contributed by atoms with van der Waals surface area (Å²) in [6.07, 6.45) is 0. The van der Waals surface area contributed by atoms with Crippen LogP contribution in [-0.4, -0.2) is 24.9 Å². The average molecular weight is 280 g/mol. The van der Waals surface area contributed by atoms with Gasteiger partial charge in [0.15, 0.2) is 5.11 Å². The van der Waals surface area contributed by atoms with Crippen molar-refractivity contribution < 1.29 is 4.74 Å². The molecule has 0 fully saturated rings. The van der Waals surface area contributed by atoms with Gasteiger partial charge in [-0.15, -0.1) is 0 Å². The van der Waals surface area contributed by atoms with Crippen LogP contribution in [0.4, 0.5) is 0 Å². The van der Waals surface area contributed by atoms with E-state index in [2.05, 4.69) is 48.7 Å². The molecule has 1 aromatic carbocycles. The number of thiocarbonyl (C=S) groups is 1. The molecule has 0 radical (unpaired) electrons. The number of hydrogen-bond donors (Lipinski definition) is 2. The summed E-state index contributed by atoms with van der Waals surface area (Å²) in [5.41, 5.74) is 2.59. The van der Waals surface area contributed by atoms with Crippen LogP contribution >= 0.6 is 12.2 Å². The molecule has 0 amide bonds. The highest BCUT2D eigenvalue weighted by atomic mass is 32.1. The van der Waals surface area contributed by atoms with Crippen LogP contribution in [0.15, 0.2) is 24.3 Å². The van der Waals surface area contributed by atoms with Crippen LogP contribution in [0.1, 0.15) is 37.8 Å². The molecule has 3 nitrogen and oxygen atoms in total. The monoisotopic (exact) mass is 280 g/mol. The summed E-state index contributed by atoms with van der Waals surface area (Å²) >= 11 is 5.23. The molecule has 1 rings (SSSR count). The number of methoxy groups -OCH3 is 1. The van der Waals surface area contributed by atoms with Crippen molar-refractivity contribution in [1.82, 2.24) is 10.6 Å². The van der Waals surface area contributed by atoms with Gasteiger partial charge in [0.1, 0.15) is 0 Å². The summed E-state index contributed by atoms with van der Waals surface area (Å²) in [7, 11) is 1.69. The Morgan fingerprint density at radius 2 is 1.84 bits per heavy atom. The fourth-order valence-corrected chi connectivity index (χ4v) is 2.04. The molecular formula is C15H24N2OS. The Kier molecular flexibility index (Phi) is 6.81. The van der Waals surface area contributed by atoms with E-state index in [0.29, 0.717) is 17.6 Å². The minimum absolute atomic E-state index is 0.216. The minimum atomic E-state index is 0.216. The minimum Gasteiger partial charge on any atom is -0.383 e. The summed E-state index contributed by atoms with van der Waals surface area (Å²) < 4.78 is 5.05. The second-order valence-corrected chi connectivity index (χ2v) is 5.49. The topological polar surface area (TPSA) is 33.3 Å². The Labute approximate surface area is 121 Å². The smallest absolute Gasteiger partial charge is 0.166 e. The van der Waals surface area contributed by atoms with Crippen molar-refractivity contribution in [2.24, 2.45) is 0 Å². The number of hydrogen-bond acceptors (Lipinski definition) is 2. The van der Waals surface area contributed by atoms with Gasteiger partial charge in [0.05, 0.1) is 6.61 Å². The second kappa shape index (κ2) is 8.12. The van der Waals surface area contributed by atoms with Gasteiger partial charge in [-0.1, -0.05) is 38.1 Å². The lowest BCUT2D eigenvalue weighted by molar-refractivity contribution is 0.179. The van der Waals surface area contributed by atoms with Crippen LogP contribution in [0.5, 0.6) is 0 Å². The zero-order chi connectivity index (χ0) is 14.3. The maximum atomic E-state index is 5.23. The molecule has 2 N–H and O–H groups in total. The fraction of sp³-hybridized carbons (Fsp3) is 0.533. The number of benzene rings is 1. The zero-order valence-electron chi connectivity index (χ0n) is 12.2. The highest BCUT2D eigenvalue weighted by Crippen LogP contribution is 2.14. The molecular weight excluding hydrogens is 256 g/mol. The molecule has 1 atom stereocenters. The Hall–Kier alpha value is -1.13. The van der Waals surface area contributed by atoms with Gasteiger partial charge in [-0.25, -0.2) is 0 Å². The third-order valence-corrected chi connectivity index (χ3v) is 3.16. The van der Waals surface area contributed by atoms with Crippen molar-refractivity contribution in [1.29, 1.82) is 0 Å². The van der Waals surface area contributed by atoms with Crippen LogP contribution in [0, 0.1) is 0 Å². The van der Waals surface area contributed by atoms with Crippen molar-refractivity contribution in [3.8, 4) is 0 Å². The van der Waals surface area contributed by atoms with Gasteiger partial charge < -0.3 is 15.4 Å². The Morgan fingerprint density at radius 1 is 1.21 bits per heavy atom. The molecule has 1 unspecified atom stereocenters. The first-order valence-corrected chi connectivity index (χ1v) is 7.06. The van der Waals surface area contributed by atoms with Crippen LogP contribution in [-0.2, 0) is 11.3 Å². The first-order chi connectivity index (χ1) is 9.02. The van der Waals surface area contributed by atoms with Gasteiger partial charge in [-0.2, -0.15) is 0 Å². The highest BCUT2D eigenvalue weighted by Gasteiger charge is 2.03. The van der Waals surface area contributed by atoms with Crippen molar-refractivity contribution in [2.75, 3.05) is 13.7 Å². The van der Waals surface area contributed by atoms with Gasteiger partial charge in [0.25, 0.3) is 0 Å². The molecule has 0 aromatic heterocycles. The van der Waals surface area contributed by atoms with E-state index in [9.17, 15) is 0 Å². The maximum absolute atomic E-state index is 5.23. The van der Waals surface area contributed by atoms with E-state index in [-0.39, 0.29) is 6.04 Å². The molecule has 106 valence electrons. The Morgan fingerprint density at radius 3 is 2.37 bits per heavy atom. The Bertz CT molecular complexity index is 390. The SMILES string of the molecule is COCC(C)NC(=S)NCc1ccc(C(C)C)cc1. The van der Waals surface area contributed by atoms with Crippen molar-refractivity contribution in [2.45, 2.75) is 39.3 Å². The van der Waals surface area contributed by atoms with E-state index in [1.165, 1.54) is 11.1 Å². The van der Waals surface area contributed by atoms with Gasteiger partial charge in [-0.05, 0) is 36.2 Å². The highest BCUT2D eigenvalue weighted by molar-refractivity contribution is 7.80. The summed E-state index contributed by atoms with van der Waals surface area (Å²) in [6.45, 7) is 7.82. The van der Waals surface area contributed by atoms with Crippen LogP contribution in [0.2, 0.25) is 0 Å². The van der Waals surface area contributed by atoms with E-state index in [1.54, 1.807) is 7.11 Å². The number of nitrogens with one attached hydrogen (secondary N) is 2. The predicted molar refractivity (Wildman–Crippen MR) is 84.4 cm³/mol. The standard InChI is InChI=1S/C15H24N2OS/c1-11(2)14-7-5-13(6-8-14)9-16-15(19)17-12(3)10-18-4/h5-8,11-12H,9-10H2,1-4H3,(H2,16,17,19). The van der Waals surface area contributed by atoms with Gasteiger partial charge in [-0.3, -0.25) is 0 Å². The molecule has 0 saturated heterocycles. The lowest BCUT2D eigenvalue weighted by Gasteiger charge is -2.16. The van der Waals surface area contributed by atoms with Gasteiger partial charge >= 0.3 is 0 Å². The van der Waals surface area contributed by atoms with E-state index in [0.717, 1.165) is 6.54 Å². The number of ether oxygens (including phenoxy) is 1. The normalized spacial score (nSPS) is 12.3. The lowest BCUT2D eigenvalue weighted by atomic mass is 10.0. The summed E-state index contributed by atoms with van der Waals surface area (Å²) in [5, 5.41) is 7.04. The molecule has 0 aliphatic carbocycles. The first-order valence-electron chi connectivity index (χ1n) is 6.65. The third kappa shape index (κ3) is 6.03. The van der Waals surface area contributed by atoms with E-state index in [1.807, 2.05) is 6.92 Å². The second-order valence-electron chi connectivity index (χ2n) is 5.08. The molecule has 1 aromatic rings. The van der Waals surface area contributed by atoms with Crippen molar-refractivity contribution >= 4 is 17.3 Å². The van der Waals surface area contributed by atoms with E-state index < -0.39 is 0 Å². The largest absolute Gasteiger partial charge is 0.383 e. The molecule has 0 bridgehead atoms. The first kappa shape index (κ1) is 15.9. The molecule has 19 heavy (non-hydrogen) atoms. The van der Waals surface area contributed by atoms with Crippen LogP contribution in [0.3, 0.4) is 0 Å².